The zero-order chi connectivity index (χ0) is 15.4. The molecule has 122 valence electrons. The topological polar surface area (TPSA) is 69.6 Å². The molecular formula is C16H23ClN2O3. The molecule has 0 bridgehead atoms. The van der Waals surface area contributed by atoms with Crippen molar-refractivity contribution in [3.8, 4) is 0 Å². The average Bonchev–Trinajstić information content (AvgIpc) is 2.42. The van der Waals surface area contributed by atoms with Crippen LogP contribution >= 0.6 is 12.4 Å². The number of nitrogens with zero attached hydrogens (tertiary/aromatic N) is 1. The molecule has 0 spiro atoms. The summed E-state index contributed by atoms with van der Waals surface area (Å²) >= 11 is 0. The van der Waals surface area contributed by atoms with E-state index in [0.29, 0.717) is 13.0 Å². The summed E-state index contributed by atoms with van der Waals surface area (Å²) in [5.41, 5.74) is 2.94. The monoisotopic (exact) mass is 326 g/mol. The number of anilines is 1. The number of piperidine rings is 1. The third-order valence-electron chi connectivity index (χ3n) is 3.90. The zero-order valence-corrected chi connectivity index (χ0v) is 13.8. The molecule has 2 N–H and O–H groups in total. The van der Waals surface area contributed by atoms with E-state index in [4.69, 9.17) is 0 Å². The van der Waals surface area contributed by atoms with Crippen molar-refractivity contribution < 1.29 is 14.7 Å². The molecule has 1 aromatic carbocycles. The Morgan fingerprint density at radius 2 is 2.05 bits per heavy atom. The van der Waals surface area contributed by atoms with Crippen LogP contribution in [0.4, 0.5) is 5.69 Å². The van der Waals surface area contributed by atoms with Gasteiger partial charge in [-0.1, -0.05) is 24.1 Å². The maximum absolute atomic E-state index is 12.1. The Morgan fingerprint density at radius 3 is 2.68 bits per heavy atom. The van der Waals surface area contributed by atoms with Crippen LogP contribution in [-0.4, -0.2) is 41.0 Å². The summed E-state index contributed by atoms with van der Waals surface area (Å²) in [6, 6.07) is 5.30. The number of aryl methyl sites for hydroxylation is 2. The molecule has 0 aliphatic carbocycles. The fourth-order valence-corrected chi connectivity index (χ4v) is 2.79. The van der Waals surface area contributed by atoms with E-state index in [-0.39, 0.29) is 24.9 Å². The van der Waals surface area contributed by atoms with Gasteiger partial charge in [-0.05, 0) is 44.9 Å². The number of rotatable bonds is 4. The van der Waals surface area contributed by atoms with Crippen LogP contribution in [-0.2, 0) is 9.59 Å². The highest BCUT2D eigenvalue weighted by Crippen LogP contribution is 2.19. The van der Waals surface area contributed by atoms with Gasteiger partial charge in [-0.15, -0.1) is 12.4 Å². The number of benzene rings is 1. The molecule has 0 radical (unpaired) electrons. The first-order valence-electron chi connectivity index (χ1n) is 7.31. The largest absolute Gasteiger partial charge is 0.480 e. The van der Waals surface area contributed by atoms with E-state index in [1.165, 1.54) is 0 Å². The molecule has 0 saturated carbocycles. The van der Waals surface area contributed by atoms with Gasteiger partial charge in [-0.2, -0.15) is 0 Å². The fraction of sp³-hybridized carbons (Fsp3) is 0.500. The highest BCUT2D eigenvalue weighted by atomic mass is 35.5. The Morgan fingerprint density at radius 1 is 1.32 bits per heavy atom. The fourth-order valence-electron chi connectivity index (χ4n) is 2.79. The van der Waals surface area contributed by atoms with Crippen LogP contribution in [0.5, 0.6) is 0 Å². The number of carbonyl (C=O) groups excluding carboxylic acids is 1. The van der Waals surface area contributed by atoms with E-state index in [9.17, 15) is 14.7 Å². The van der Waals surface area contributed by atoms with Crippen LogP contribution in [0.15, 0.2) is 18.2 Å². The summed E-state index contributed by atoms with van der Waals surface area (Å²) < 4.78 is 0. The molecule has 6 heteroatoms. The van der Waals surface area contributed by atoms with Crippen LogP contribution in [0.25, 0.3) is 0 Å². The minimum atomic E-state index is -0.839. The molecular weight excluding hydrogens is 304 g/mol. The lowest BCUT2D eigenvalue weighted by molar-refractivity contribution is -0.145. The quantitative estimate of drug-likeness (QED) is 0.892. The van der Waals surface area contributed by atoms with Gasteiger partial charge in [0.2, 0.25) is 5.91 Å². The summed E-state index contributed by atoms with van der Waals surface area (Å²) in [5.74, 6) is -0.996. The van der Waals surface area contributed by atoms with Gasteiger partial charge >= 0.3 is 5.97 Å². The molecule has 0 aromatic heterocycles. The highest BCUT2D eigenvalue weighted by Gasteiger charge is 2.29. The molecule has 1 aromatic rings. The molecule has 22 heavy (non-hydrogen) atoms. The third-order valence-corrected chi connectivity index (χ3v) is 3.90. The lowest BCUT2D eigenvalue weighted by Gasteiger charge is -2.32. The van der Waals surface area contributed by atoms with Gasteiger partial charge in [-0.25, -0.2) is 0 Å². The van der Waals surface area contributed by atoms with Crippen molar-refractivity contribution in [1.82, 2.24) is 4.90 Å². The Hall–Kier alpha value is -1.59. The predicted molar refractivity (Wildman–Crippen MR) is 88.6 cm³/mol. The van der Waals surface area contributed by atoms with Crippen LogP contribution in [0.1, 0.15) is 30.4 Å². The van der Waals surface area contributed by atoms with Crippen LogP contribution < -0.4 is 5.32 Å². The summed E-state index contributed by atoms with van der Waals surface area (Å²) in [4.78, 5) is 25.1. The van der Waals surface area contributed by atoms with Gasteiger partial charge in [0.05, 0.1) is 6.54 Å². The molecule has 1 fully saturated rings. The lowest BCUT2D eigenvalue weighted by Crippen LogP contribution is -2.47. The van der Waals surface area contributed by atoms with Gasteiger partial charge in [0, 0.05) is 5.69 Å². The molecule has 1 unspecified atom stereocenters. The van der Waals surface area contributed by atoms with Crippen LogP contribution in [0.3, 0.4) is 0 Å². The van der Waals surface area contributed by atoms with Crippen molar-refractivity contribution in [2.45, 2.75) is 39.2 Å². The van der Waals surface area contributed by atoms with E-state index in [2.05, 4.69) is 5.32 Å². The first-order chi connectivity index (χ1) is 9.97. The first kappa shape index (κ1) is 18.5. The first-order valence-corrected chi connectivity index (χ1v) is 7.31. The number of likely N-dealkylation sites (tertiary alicyclic amines) is 1. The number of carbonyl (C=O) groups is 2. The molecule has 1 amide bonds. The number of aliphatic carboxylic acids is 1. The zero-order valence-electron chi connectivity index (χ0n) is 13.0. The van der Waals surface area contributed by atoms with Crippen molar-refractivity contribution in [3.05, 3.63) is 29.3 Å². The minimum absolute atomic E-state index is 0. The summed E-state index contributed by atoms with van der Waals surface area (Å²) in [7, 11) is 0. The van der Waals surface area contributed by atoms with E-state index in [1.54, 1.807) is 4.90 Å². The van der Waals surface area contributed by atoms with Crippen LogP contribution in [0, 0.1) is 13.8 Å². The Labute approximate surface area is 137 Å². The summed E-state index contributed by atoms with van der Waals surface area (Å²) in [6.07, 6.45) is 2.47. The molecule has 1 aliphatic rings. The van der Waals surface area contributed by atoms with Gasteiger partial charge in [0.15, 0.2) is 0 Å². The normalized spacial score (nSPS) is 18.4. The van der Waals surface area contributed by atoms with Crippen molar-refractivity contribution in [3.63, 3.8) is 0 Å². The van der Waals surface area contributed by atoms with Crippen molar-refractivity contribution in [2.75, 3.05) is 18.4 Å². The SMILES string of the molecule is Cc1ccc(NC(=O)CN2CCCCC2C(=O)O)c(C)c1.Cl. The number of carboxylic acid groups (broad SMARTS) is 1. The number of halogens is 1. The van der Waals surface area contributed by atoms with E-state index < -0.39 is 12.0 Å². The predicted octanol–water partition coefficient (Wildman–Crippen LogP) is 2.60. The van der Waals surface area contributed by atoms with E-state index in [1.807, 2.05) is 32.0 Å². The number of amides is 1. The Bertz CT molecular complexity index is 548. The molecule has 2 rings (SSSR count). The van der Waals surface area contributed by atoms with Crippen molar-refractivity contribution in [2.24, 2.45) is 0 Å². The lowest BCUT2D eigenvalue weighted by atomic mass is 10.0. The summed E-state index contributed by atoms with van der Waals surface area (Å²) in [6.45, 7) is 4.74. The molecule has 1 saturated heterocycles. The van der Waals surface area contributed by atoms with Gasteiger partial charge in [-0.3, -0.25) is 14.5 Å². The number of nitrogens with one attached hydrogen (secondary N) is 1. The maximum Gasteiger partial charge on any atom is 0.320 e. The second-order valence-electron chi connectivity index (χ2n) is 5.69. The number of hydrogen-bond donors (Lipinski definition) is 2. The van der Waals surface area contributed by atoms with Crippen molar-refractivity contribution >= 4 is 30.0 Å². The number of carboxylic acids is 1. The third kappa shape index (κ3) is 4.71. The Balaban J connectivity index is 0.00000242. The Kier molecular flexibility index (Phi) is 6.84. The van der Waals surface area contributed by atoms with Crippen molar-refractivity contribution in [1.29, 1.82) is 0 Å². The molecule has 1 atom stereocenters. The van der Waals surface area contributed by atoms with E-state index >= 15 is 0 Å². The minimum Gasteiger partial charge on any atom is -0.480 e. The van der Waals surface area contributed by atoms with Gasteiger partial charge < -0.3 is 10.4 Å². The highest BCUT2D eigenvalue weighted by molar-refractivity contribution is 5.93. The average molecular weight is 327 g/mol. The smallest absolute Gasteiger partial charge is 0.320 e. The second kappa shape index (κ2) is 8.15. The standard InChI is InChI=1S/C16H22N2O3.ClH/c1-11-6-7-13(12(2)9-11)17-15(19)10-18-8-4-3-5-14(18)16(20)21;/h6-7,9,14H,3-5,8,10H2,1-2H3,(H,17,19)(H,20,21);1H. The van der Waals surface area contributed by atoms with Crippen LogP contribution in [0.2, 0.25) is 0 Å². The van der Waals surface area contributed by atoms with Gasteiger partial charge in [0.1, 0.15) is 6.04 Å². The molecule has 5 nitrogen and oxygen atoms in total. The number of hydrogen-bond acceptors (Lipinski definition) is 3. The second-order valence-corrected chi connectivity index (χ2v) is 5.69. The van der Waals surface area contributed by atoms with E-state index in [0.717, 1.165) is 29.7 Å². The maximum atomic E-state index is 12.1. The molecule has 1 heterocycles. The molecule has 1 aliphatic heterocycles. The summed E-state index contributed by atoms with van der Waals surface area (Å²) in [5, 5.41) is 12.1. The van der Waals surface area contributed by atoms with Gasteiger partial charge in [0.25, 0.3) is 0 Å².